The Hall–Kier alpha value is -0.650. The summed E-state index contributed by atoms with van der Waals surface area (Å²) in [5.41, 5.74) is 0. The van der Waals surface area contributed by atoms with Crippen LogP contribution in [0, 0.1) is 23.7 Å². The molecule has 4 atom stereocenters. The van der Waals surface area contributed by atoms with Crippen LogP contribution < -0.4 is 0 Å². The van der Waals surface area contributed by atoms with Gasteiger partial charge in [-0.25, -0.2) is 0 Å². The summed E-state index contributed by atoms with van der Waals surface area (Å²) in [5, 5.41) is 0. The molecule has 0 spiro atoms. The average molecular weight is 333 g/mol. The Morgan fingerprint density at radius 1 is 0.917 bits per heavy atom. The summed E-state index contributed by atoms with van der Waals surface area (Å²) in [6.45, 7) is 8.51. The number of morpholine rings is 1. The Balaban J connectivity index is 1.09. The molecule has 0 aromatic rings. The van der Waals surface area contributed by atoms with E-state index in [1.165, 1.54) is 51.7 Å². The molecule has 0 radical (unpaired) electrons. The fraction of sp³-hybridized carbons (Fsp3) is 0.947. The van der Waals surface area contributed by atoms with Crippen molar-refractivity contribution < 1.29 is 9.53 Å². The molecule has 3 saturated heterocycles. The molecular weight excluding hydrogens is 302 g/mol. The van der Waals surface area contributed by atoms with E-state index in [0.717, 1.165) is 50.7 Å². The minimum Gasteiger partial charge on any atom is -0.379 e. The summed E-state index contributed by atoms with van der Waals surface area (Å²) in [7, 11) is 0. The largest absolute Gasteiger partial charge is 0.379 e. The zero-order chi connectivity index (χ0) is 16.1. The lowest BCUT2D eigenvalue weighted by atomic mass is 9.76. The normalized spacial score (nSPS) is 40.8. The molecule has 5 nitrogen and oxygen atoms in total. The second-order valence-electron chi connectivity index (χ2n) is 8.77. The van der Waals surface area contributed by atoms with Crippen LogP contribution in [0.25, 0.3) is 0 Å². The predicted molar refractivity (Wildman–Crippen MR) is 91.4 cm³/mol. The number of β-lactam (4-membered cyclic amide) rings is 1. The molecule has 5 rings (SSSR count). The first-order valence-corrected chi connectivity index (χ1v) is 10.1. The van der Waals surface area contributed by atoms with Crippen molar-refractivity contribution in [1.29, 1.82) is 0 Å². The lowest BCUT2D eigenvalue weighted by Gasteiger charge is -2.51. The van der Waals surface area contributed by atoms with Crippen molar-refractivity contribution >= 4 is 5.91 Å². The molecule has 2 aliphatic carbocycles. The van der Waals surface area contributed by atoms with Crippen LogP contribution in [0.3, 0.4) is 0 Å². The minimum atomic E-state index is 0.419. The van der Waals surface area contributed by atoms with Crippen LogP contribution in [0.4, 0.5) is 0 Å². The molecule has 24 heavy (non-hydrogen) atoms. The summed E-state index contributed by atoms with van der Waals surface area (Å²) >= 11 is 0. The van der Waals surface area contributed by atoms with Crippen LogP contribution in [0.5, 0.6) is 0 Å². The smallest absolute Gasteiger partial charge is 0.229 e. The van der Waals surface area contributed by atoms with Gasteiger partial charge in [0.1, 0.15) is 0 Å². The molecule has 2 saturated carbocycles. The second-order valence-corrected chi connectivity index (χ2v) is 8.77. The first-order chi connectivity index (χ1) is 11.8. The van der Waals surface area contributed by atoms with Crippen LogP contribution in [-0.4, -0.2) is 79.3 Å². The van der Waals surface area contributed by atoms with E-state index in [2.05, 4.69) is 14.7 Å². The highest BCUT2D eigenvalue weighted by Crippen LogP contribution is 2.56. The Morgan fingerprint density at radius 2 is 1.67 bits per heavy atom. The predicted octanol–water partition coefficient (Wildman–Crippen LogP) is 1.25. The number of carbonyl (C=O) groups is 1. The van der Waals surface area contributed by atoms with E-state index in [-0.39, 0.29) is 0 Å². The van der Waals surface area contributed by atoms with Crippen LogP contribution in [-0.2, 0) is 9.53 Å². The van der Waals surface area contributed by atoms with E-state index in [0.29, 0.717) is 17.9 Å². The summed E-state index contributed by atoms with van der Waals surface area (Å²) < 4.78 is 5.45. The monoisotopic (exact) mass is 333 g/mol. The number of hydrogen-bond donors (Lipinski definition) is 0. The maximum atomic E-state index is 12.5. The quantitative estimate of drug-likeness (QED) is 0.726. The highest BCUT2D eigenvalue weighted by molar-refractivity contribution is 5.87. The fourth-order valence-electron chi connectivity index (χ4n) is 6.15. The van der Waals surface area contributed by atoms with Gasteiger partial charge >= 0.3 is 0 Å². The summed E-state index contributed by atoms with van der Waals surface area (Å²) in [4.78, 5) is 19.9. The van der Waals surface area contributed by atoms with Crippen LogP contribution in [0.1, 0.15) is 32.1 Å². The zero-order valence-electron chi connectivity index (χ0n) is 14.7. The van der Waals surface area contributed by atoms with Crippen LogP contribution >= 0.6 is 0 Å². The number of hydrogen-bond acceptors (Lipinski definition) is 4. The summed E-state index contributed by atoms with van der Waals surface area (Å²) in [5.74, 6) is 3.30. The Kier molecular flexibility index (Phi) is 4.07. The Morgan fingerprint density at radius 3 is 2.46 bits per heavy atom. The summed E-state index contributed by atoms with van der Waals surface area (Å²) in [6.07, 6.45) is 6.61. The molecule has 0 aromatic carbocycles. The number of ether oxygens (including phenoxy) is 1. The zero-order valence-corrected chi connectivity index (χ0v) is 14.7. The molecule has 134 valence electrons. The minimum absolute atomic E-state index is 0.419. The molecule has 5 heteroatoms. The third-order valence-electron chi connectivity index (χ3n) is 7.48. The molecule has 3 heterocycles. The van der Waals surface area contributed by atoms with E-state index in [9.17, 15) is 4.79 Å². The second kappa shape index (κ2) is 6.26. The van der Waals surface area contributed by atoms with Crippen molar-refractivity contribution in [2.45, 2.75) is 38.1 Å². The number of fused-ring (bicyclic) bond motifs is 5. The van der Waals surface area contributed by atoms with Gasteiger partial charge in [0.25, 0.3) is 0 Å². The molecule has 4 unspecified atom stereocenters. The van der Waals surface area contributed by atoms with E-state index in [1.54, 1.807) is 0 Å². The Bertz CT molecular complexity index is 485. The SMILES string of the molecule is O=C1C2C3CCC(C3)C2N1CN1CCC(CN2CCOCC2)CC1. The molecule has 1 amide bonds. The fourth-order valence-corrected chi connectivity index (χ4v) is 6.15. The molecular formula is C19H31N3O2. The van der Waals surface area contributed by atoms with Gasteiger partial charge in [0, 0.05) is 38.8 Å². The standard InChI is InChI=1S/C19H31N3O2/c23-19-17-15-1-2-16(11-15)18(17)22(19)13-21-5-3-14(4-6-21)12-20-7-9-24-10-8-20/h14-18H,1-13H2. The third kappa shape index (κ3) is 2.60. The number of amides is 1. The maximum Gasteiger partial charge on any atom is 0.229 e. The van der Waals surface area contributed by atoms with Crippen molar-refractivity contribution in [1.82, 2.24) is 14.7 Å². The Labute approximate surface area is 145 Å². The molecule has 0 aromatic heterocycles. The maximum absolute atomic E-state index is 12.5. The van der Waals surface area contributed by atoms with Gasteiger partial charge < -0.3 is 9.64 Å². The number of piperidine rings is 1. The molecule has 3 aliphatic heterocycles. The number of rotatable bonds is 4. The topological polar surface area (TPSA) is 36.0 Å². The number of carbonyl (C=O) groups excluding carboxylic acids is 1. The van der Waals surface area contributed by atoms with E-state index < -0.39 is 0 Å². The first kappa shape index (κ1) is 15.6. The van der Waals surface area contributed by atoms with Crippen molar-refractivity contribution in [2.75, 3.05) is 52.6 Å². The van der Waals surface area contributed by atoms with Crippen LogP contribution in [0.2, 0.25) is 0 Å². The van der Waals surface area contributed by atoms with Gasteiger partial charge in [-0.3, -0.25) is 14.6 Å². The van der Waals surface area contributed by atoms with Gasteiger partial charge in [-0.1, -0.05) is 0 Å². The van der Waals surface area contributed by atoms with E-state index in [4.69, 9.17) is 4.74 Å². The molecule has 5 aliphatic rings. The van der Waals surface area contributed by atoms with E-state index in [1.807, 2.05) is 0 Å². The van der Waals surface area contributed by atoms with Crippen molar-refractivity contribution in [2.24, 2.45) is 23.7 Å². The van der Waals surface area contributed by atoms with Gasteiger partial charge in [0.15, 0.2) is 0 Å². The molecule has 5 fully saturated rings. The third-order valence-corrected chi connectivity index (χ3v) is 7.48. The van der Waals surface area contributed by atoms with Crippen molar-refractivity contribution in [3.63, 3.8) is 0 Å². The molecule has 0 N–H and O–H groups in total. The lowest BCUT2D eigenvalue weighted by Crippen LogP contribution is -2.65. The van der Waals surface area contributed by atoms with Gasteiger partial charge in [-0.15, -0.1) is 0 Å². The van der Waals surface area contributed by atoms with Crippen LogP contribution in [0.15, 0.2) is 0 Å². The van der Waals surface area contributed by atoms with Crippen molar-refractivity contribution in [3.05, 3.63) is 0 Å². The van der Waals surface area contributed by atoms with Gasteiger partial charge in [0.05, 0.1) is 25.8 Å². The van der Waals surface area contributed by atoms with E-state index >= 15 is 0 Å². The number of nitrogens with zero attached hydrogens (tertiary/aromatic N) is 3. The lowest BCUT2D eigenvalue weighted by molar-refractivity contribution is -0.165. The van der Waals surface area contributed by atoms with Gasteiger partial charge in [-0.05, 0) is 49.9 Å². The van der Waals surface area contributed by atoms with Crippen molar-refractivity contribution in [3.8, 4) is 0 Å². The van der Waals surface area contributed by atoms with Gasteiger partial charge in [-0.2, -0.15) is 0 Å². The number of likely N-dealkylation sites (tertiary alicyclic amines) is 2. The highest BCUT2D eigenvalue weighted by Gasteiger charge is 2.61. The first-order valence-electron chi connectivity index (χ1n) is 10.1. The summed E-state index contributed by atoms with van der Waals surface area (Å²) in [6, 6.07) is 0.613. The highest BCUT2D eigenvalue weighted by atomic mass is 16.5. The molecule has 2 bridgehead atoms. The average Bonchev–Trinajstić information content (AvgIpc) is 3.20. The van der Waals surface area contributed by atoms with Gasteiger partial charge in [0.2, 0.25) is 5.91 Å².